The number of amides is 4. The Hall–Kier alpha value is -4.31. The first-order chi connectivity index (χ1) is 25.3. The average molecular weight is 753 g/mol. The second kappa shape index (κ2) is 14.7. The number of nitrogens with zero attached hydrogens (tertiary/aromatic N) is 2. The van der Waals surface area contributed by atoms with Gasteiger partial charge in [0.25, 0.3) is 0 Å². The van der Waals surface area contributed by atoms with Crippen LogP contribution in [0, 0.1) is 23.2 Å². The first-order valence-electron chi connectivity index (χ1n) is 18.5. The zero-order valence-corrected chi connectivity index (χ0v) is 31.3. The predicted octanol–water partition coefficient (Wildman–Crippen LogP) is 4.17. The normalized spacial score (nSPS) is 26.1. The highest BCUT2D eigenvalue weighted by Gasteiger charge is 2.68. The summed E-state index contributed by atoms with van der Waals surface area (Å²) in [5, 5.41) is 17.4. The number of carbonyl (C=O) groups excluding carboxylic acids is 4. The molecular formula is C38H48BF3N6O6. The van der Waals surface area contributed by atoms with E-state index in [0.29, 0.717) is 17.4 Å². The van der Waals surface area contributed by atoms with E-state index >= 15 is 0 Å². The Morgan fingerprint density at radius 1 is 0.870 bits per heavy atom. The third-order valence-electron chi connectivity index (χ3n) is 11.8. The third-order valence-corrected chi connectivity index (χ3v) is 11.8. The Morgan fingerprint density at radius 2 is 1.54 bits per heavy atom. The summed E-state index contributed by atoms with van der Waals surface area (Å²) in [4.78, 5) is 53.6. The molecule has 3 saturated carbocycles. The Bertz CT molecular complexity index is 1770. The predicted molar refractivity (Wildman–Crippen MR) is 192 cm³/mol. The molecule has 12 nitrogen and oxygen atoms in total. The number of nitrogens with one attached hydrogen (secondary N) is 4. The first-order valence-corrected chi connectivity index (χ1v) is 18.5. The van der Waals surface area contributed by atoms with E-state index in [4.69, 9.17) is 9.31 Å². The number of benzene rings is 2. The van der Waals surface area contributed by atoms with Crippen molar-refractivity contribution >= 4 is 30.7 Å². The molecular weight excluding hydrogens is 704 g/mol. The van der Waals surface area contributed by atoms with E-state index in [1.807, 2.05) is 18.2 Å². The van der Waals surface area contributed by atoms with Gasteiger partial charge in [0, 0.05) is 12.0 Å². The molecule has 0 aromatic heterocycles. The lowest BCUT2D eigenvalue weighted by Crippen LogP contribution is -2.65. The molecule has 0 spiro atoms. The van der Waals surface area contributed by atoms with E-state index in [0.717, 1.165) is 18.4 Å². The molecule has 54 heavy (non-hydrogen) atoms. The van der Waals surface area contributed by atoms with Gasteiger partial charge in [-0.3, -0.25) is 19.2 Å². The number of hydrogen-bond acceptors (Lipinski definition) is 8. The monoisotopic (exact) mass is 752 g/mol. The number of rotatable bonds is 14. The highest BCUT2D eigenvalue weighted by molar-refractivity contribution is 6.46. The van der Waals surface area contributed by atoms with Gasteiger partial charge in [-0.15, -0.1) is 10.2 Å². The molecule has 5 aliphatic rings. The minimum Gasteiger partial charge on any atom is -0.404 e. The van der Waals surface area contributed by atoms with Crippen LogP contribution >= 0.6 is 0 Å². The van der Waals surface area contributed by atoms with E-state index < -0.39 is 72.2 Å². The standard InChI is InChI=1S/C38H48BF3N6O6/c1-21(2)31(46-30(49)17-24-12-14-25(15-13-24)37(47-48-37)38(40,41)42)34(52)45-27(16-23-10-8-7-9-11-23)33(51)44-22(3)32(50)43-20-39-53-29-19-26-18-28(35(26,4)5)36(29,6)54-39/h7-15,21-22,26-29,31H,16-20H2,1-6H3,(H,43,50)(H,44,51)(H,45,52)(H,46,49)/t22-,26?,27?,28?,29+,31?,36-/m0/s1. The van der Waals surface area contributed by atoms with Crippen molar-refractivity contribution in [2.75, 3.05) is 6.44 Å². The molecule has 0 radical (unpaired) electrons. The topological polar surface area (TPSA) is 160 Å². The van der Waals surface area contributed by atoms with Gasteiger partial charge in [-0.2, -0.15) is 13.2 Å². The molecule has 2 aromatic carbocycles. The maximum absolute atomic E-state index is 13.7. The fourth-order valence-corrected chi connectivity index (χ4v) is 8.32. The van der Waals surface area contributed by atoms with Gasteiger partial charge in [0.1, 0.15) is 18.1 Å². The van der Waals surface area contributed by atoms with Crippen LogP contribution in [0.5, 0.6) is 0 Å². The minimum absolute atomic E-state index is 0.0310. The molecule has 2 aromatic rings. The van der Waals surface area contributed by atoms with Crippen molar-refractivity contribution in [2.45, 2.75) is 109 Å². The van der Waals surface area contributed by atoms with Crippen molar-refractivity contribution in [3.8, 4) is 0 Å². The van der Waals surface area contributed by atoms with E-state index in [2.05, 4.69) is 52.3 Å². The van der Waals surface area contributed by atoms with Gasteiger partial charge < -0.3 is 30.6 Å². The molecule has 4 fully saturated rings. The first kappa shape index (κ1) is 39.4. The highest BCUT2D eigenvalue weighted by atomic mass is 19.4. The number of halogens is 3. The quantitative estimate of drug-likeness (QED) is 0.212. The smallest absolute Gasteiger partial charge is 0.404 e. The zero-order chi connectivity index (χ0) is 39.2. The Morgan fingerprint density at radius 3 is 2.13 bits per heavy atom. The highest BCUT2D eigenvalue weighted by Crippen LogP contribution is 2.65. The number of alkyl halides is 3. The maximum Gasteiger partial charge on any atom is 0.478 e. The third kappa shape index (κ3) is 7.77. The molecule has 2 aliphatic heterocycles. The van der Waals surface area contributed by atoms with Crippen LogP contribution in [0.4, 0.5) is 13.2 Å². The van der Waals surface area contributed by atoms with Crippen LogP contribution < -0.4 is 21.3 Å². The van der Waals surface area contributed by atoms with Gasteiger partial charge >= 0.3 is 19.0 Å². The SMILES string of the molecule is CC(C)C(NC(=O)Cc1ccc(C2(C(F)(F)F)N=N2)cc1)C(=O)NC(Cc1ccccc1)C(=O)N[C@@H](C)C(=O)NCB1O[C@@H]2CC3CC(C3(C)C)[C@]2(C)O1. The lowest BCUT2D eigenvalue weighted by Gasteiger charge is -2.64. The minimum atomic E-state index is -4.67. The molecule has 2 heterocycles. The Kier molecular flexibility index (Phi) is 10.8. The second-order valence-corrected chi connectivity index (χ2v) is 16.2. The molecule has 7 rings (SSSR count). The van der Waals surface area contributed by atoms with Crippen molar-refractivity contribution in [1.29, 1.82) is 0 Å². The van der Waals surface area contributed by atoms with E-state index in [1.54, 1.807) is 32.9 Å². The van der Waals surface area contributed by atoms with Crippen molar-refractivity contribution in [1.82, 2.24) is 21.3 Å². The van der Waals surface area contributed by atoms with Gasteiger partial charge in [-0.25, -0.2) is 0 Å². The van der Waals surface area contributed by atoms with Crippen LogP contribution in [-0.4, -0.2) is 73.2 Å². The number of carbonyl (C=O) groups is 4. The summed E-state index contributed by atoms with van der Waals surface area (Å²) in [7, 11) is -0.606. The van der Waals surface area contributed by atoms with Gasteiger partial charge in [0.05, 0.1) is 24.6 Å². The molecule has 1 saturated heterocycles. The van der Waals surface area contributed by atoms with Crippen LogP contribution in [0.25, 0.3) is 0 Å². The molecule has 2 bridgehead atoms. The van der Waals surface area contributed by atoms with Crippen molar-refractivity contribution in [3.63, 3.8) is 0 Å². The summed E-state index contributed by atoms with van der Waals surface area (Å²) in [6, 6.07) is 11.2. The van der Waals surface area contributed by atoms with Crippen LogP contribution in [0.2, 0.25) is 0 Å². The lowest BCUT2D eigenvalue weighted by atomic mass is 9.43. The van der Waals surface area contributed by atoms with Crippen LogP contribution in [0.15, 0.2) is 64.8 Å². The molecule has 4 N–H and O–H groups in total. The van der Waals surface area contributed by atoms with Gasteiger partial charge in [-0.05, 0) is 61.0 Å². The number of hydrogen-bond donors (Lipinski definition) is 4. The zero-order valence-electron chi connectivity index (χ0n) is 31.3. The summed E-state index contributed by atoms with van der Waals surface area (Å²) in [5.41, 5.74) is -1.77. The fourth-order valence-electron chi connectivity index (χ4n) is 8.32. The van der Waals surface area contributed by atoms with Crippen molar-refractivity contribution in [3.05, 3.63) is 71.3 Å². The van der Waals surface area contributed by atoms with Crippen LogP contribution in [0.1, 0.15) is 71.1 Å². The summed E-state index contributed by atoms with van der Waals surface area (Å²) < 4.78 is 52.7. The van der Waals surface area contributed by atoms with Gasteiger partial charge in [-0.1, -0.05) is 82.3 Å². The van der Waals surface area contributed by atoms with E-state index in [1.165, 1.54) is 24.3 Å². The molecule has 4 unspecified atom stereocenters. The van der Waals surface area contributed by atoms with E-state index in [9.17, 15) is 32.3 Å². The fraction of sp³-hybridized carbons (Fsp3) is 0.579. The second-order valence-electron chi connectivity index (χ2n) is 16.2. The van der Waals surface area contributed by atoms with Crippen LogP contribution in [-0.2, 0) is 47.0 Å². The van der Waals surface area contributed by atoms with Gasteiger partial charge in [0.15, 0.2) is 0 Å². The van der Waals surface area contributed by atoms with Crippen molar-refractivity contribution in [2.24, 2.45) is 33.4 Å². The Balaban J connectivity index is 1.04. The molecule has 4 amide bonds. The maximum atomic E-state index is 13.7. The Labute approximate surface area is 313 Å². The molecule has 290 valence electrons. The average Bonchev–Trinajstić information content (AvgIpc) is 3.86. The van der Waals surface area contributed by atoms with Crippen molar-refractivity contribution < 1.29 is 41.7 Å². The summed E-state index contributed by atoms with van der Waals surface area (Å²) in [6.07, 6.45) is -2.65. The lowest BCUT2D eigenvalue weighted by molar-refractivity contribution is -0.199. The summed E-state index contributed by atoms with van der Waals surface area (Å²) >= 11 is 0. The van der Waals surface area contributed by atoms with Gasteiger partial charge in [0.2, 0.25) is 23.6 Å². The molecule has 7 atom stereocenters. The van der Waals surface area contributed by atoms with Crippen LogP contribution in [0.3, 0.4) is 0 Å². The summed E-state index contributed by atoms with van der Waals surface area (Å²) in [5.74, 6) is -1.62. The largest absolute Gasteiger partial charge is 0.478 e. The molecule has 3 aliphatic carbocycles. The van der Waals surface area contributed by atoms with E-state index in [-0.39, 0.29) is 36.4 Å². The molecule has 16 heteroatoms. The summed E-state index contributed by atoms with van der Waals surface area (Å²) in [6.45, 7) is 11.7.